The van der Waals surface area contributed by atoms with E-state index < -0.39 is 5.92 Å². The number of hydrogen-bond acceptors (Lipinski definition) is 3. The van der Waals surface area contributed by atoms with Gasteiger partial charge >= 0.3 is 0 Å². The third kappa shape index (κ3) is 2.16. The molecule has 0 saturated carbocycles. The normalized spacial score (nSPS) is 29.2. The molecule has 1 aromatic heterocycles. The number of amides is 1. The smallest absolute Gasteiger partial charge is 0.237 e. The van der Waals surface area contributed by atoms with Gasteiger partial charge in [-0.2, -0.15) is 5.26 Å². The number of nitrogens with one attached hydrogen (secondary N) is 1. The molecule has 82 valence electrons. The van der Waals surface area contributed by atoms with E-state index in [4.69, 9.17) is 5.26 Å². The van der Waals surface area contributed by atoms with Crippen molar-refractivity contribution in [3.05, 3.63) is 30.1 Å². The first-order valence-corrected chi connectivity index (χ1v) is 6.22. The number of carbonyl (C=O) groups excluding carboxylic acids is 1. The minimum atomic E-state index is -0.526. The minimum absolute atomic E-state index is 0.0844. The zero-order valence-corrected chi connectivity index (χ0v) is 10.6. The van der Waals surface area contributed by atoms with Crippen LogP contribution < -0.4 is 5.32 Å². The molecule has 1 aliphatic heterocycles. The quantitative estimate of drug-likeness (QED) is 0.629. The number of carbonyl (C=O) groups is 1. The van der Waals surface area contributed by atoms with Gasteiger partial charge in [0.15, 0.2) is 0 Å². The molecule has 2 rings (SSSR count). The Balaban J connectivity index is 2.20. The summed E-state index contributed by atoms with van der Waals surface area (Å²) in [6, 6.07) is 7.57. The molecule has 0 aliphatic carbocycles. The average molecular weight is 327 g/mol. The van der Waals surface area contributed by atoms with Crippen molar-refractivity contribution in [1.29, 1.82) is 5.26 Å². The van der Waals surface area contributed by atoms with Gasteiger partial charge in [-0.05, 0) is 18.6 Å². The topological polar surface area (TPSA) is 65.8 Å². The maximum absolute atomic E-state index is 11.6. The van der Waals surface area contributed by atoms with Gasteiger partial charge < -0.3 is 5.32 Å². The van der Waals surface area contributed by atoms with E-state index in [1.807, 2.05) is 24.3 Å². The first-order valence-electron chi connectivity index (χ1n) is 4.97. The lowest BCUT2D eigenvalue weighted by molar-refractivity contribution is -0.125. The fraction of sp³-hybridized carbons (Fsp3) is 0.364. The van der Waals surface area contributed by atoms with Gasteiger partial charge in [-0.25, -0.2) is 0 Å². The van der Waals surface area contributed by atoms with E-state index in [-0.39, 0.29) is 15.9 Å². The summed E-state index contributed by atoms with van der Waals surface area (Å²) in [5.41, 5.74) is 0.853. The second kappa shape index (κ2) is 4.78. The van der Waals surface area contributed by atoms with Crippen LogP contribution in [0.4, 0.5) is 0 Å². The van der Waals surface area contributed by atoms with Crippen LogP contribution in [0, 0.1) is 17.2 Å². The Morgan fingerprint density at radius 2 is 2.38 bits per heavy atom. The van der Waals surface area contributed by atoms with Gasteiger partial charge in [-0.1, -0.05) is 28.7 Å². The van der Waals surface area contributed by atoms with E-state index >= 15 is 0 Å². The Hall–Kier alpha value is -1.16. The molecule has 3 unspecified atom stereocenters. The van der Waals surface area contributed by atoms with Crippen molar-refractivity contribution in [2.75, 3.05) is 0 Å². The van der Waals surface area contributed by atoms with Crippen molar-refractivity contribution < 1.29 is 4.79 Å². The predicted molar refractivity (Wildman–Crippen MR) is 66.6 cm³/mol. The summed E-state index contributed by atoms with van der Waals surface area (Å²) in [5, 5.41) is 11.7. The van der Waals surface area contributed by atoms with Crippen molar-refractivity contribution in [2.45, 2.75) is 16.4 Å². The van der Waals surface area contributed by atoms with E-state index in [1.165, 1.54) is 0 Å². The lowest BCUT2D eigenvalue weighted by atomic mass is 9.93. The van der Waals surface area contributed by atoms with Gasteiger partial charge in [-0.3, -0.25) is 9.78 Å². The maximum Gasteiger partial charge on any atom is 0.237 e. The number of halogens is 1. The summed E-state index contributed by atoms with van der Waals surface area (Å²) in [7, 11) is 0. The Labute approximate surface area is 107 Å². The molecule has 1 amide bonds. The summed E-state index contributed by atoms with van der Waals surface area (Å²) >= 11 is 2.27. The Morgan fingerprint density at radius 1 is 1.56 bits per heavy atom. The van der Waals surface area contributed by atoms with Crippen LogP contribution in [0.25, 0.3) is 0 Å². The third-order valence-electron chi connectivity index (χ3n) is 2.60. The predicted octanol–water partition coefficient (Wildman–Crippen LogP) is 1.59. The van der Waals surface area contributed by atoms with Crippen LogP contribution in [0.3, 0.4) is 0 Å². The van der Waals surface area contributed by atoms with Gasteiger partial charge in [0.05, 0.1) is 17.8 Å². The van der Waals surface area contributed by atoms with Crippen LogP contribution in [0.1, 0.15) is 18.2 Å². The van der Waals surface area contributed by atoms with Gasteiger partial charge in [0, 0.05) is 10.1 Å². The van der Waals surface area contributed by atoms with Crippen molar-refractivity contribution in [3.63, 3.8) is 0 Å². The van der Waals surface area contributed by atoms with Crippen LogP contribution in [0.15, 0.2) is 24.4 Å². The highest BCUT2D eigenvalue weighted by atomic mass is 127. The highest BCUT2D eigenvalue weighted by Gasteiger charge is 2.35. The molecule has 3 atom stereocenters. The Kier molecular flexibility index (Phi) is 3.39. The molecular weight excluding hydrogens is 317 g/mol. The summed E-state index contributed by atoms with van der Waals surface area (Å²) < 4.78 is 0.204. The monoisotopic (exact) mass is 327 g/mol. The lowest BCUT2D eigenvalue weighted by Gasteiger charge is -2.30. The number of rotatable bonds is 1. The molecule has 4 nitrogen and oxygen atoms in total. The molecular formula is C11H10IN3O. The molecule has 1 saturated heterocycles. The molecule has 1 aliphatic rings. The second-order valence-corrected chi connectivity index (χ2v) is 5.27. The number of aromatic nitrogens is 1. The van der Waals surface area contributed by atoms with Crippen molar-refractivity contribution in [2.24, 2.45) is 5.92 Å². The zero-order valence-electron chi connectivity index (χ0n) is 8.43. The highest BCUT2D eigenvalue weighted by molar-refractivity contribution is 14.1. The Morgan fingerprint density at radius 3 is 3.00 bits per heavy atom. The van der Waals surface area contributed by atoms with E-state index in [0.29, 0.717) is 6.42 Å². The number of nitrogens with zero attached hydrogens (tertiary/aromatic N) is 2. The first kappa shape index (κ1) is 11.3. The van der Waals surface area contributed by atoms with Gasteiger partial charge in [-0.15, -0.1) is 0 Å². The molecule has 2 heterocycles. The molecule has 16 heavy (non-hydrogen) atoms. The van der Waals surface area contributed by atoms with Gasteiger partial charge in [0.2, 0.25) is 5.91 Å². The van der Waals surface area contributed by atoms with E-state index in [1.54, 1.807) is 6.20 Å². The summed E-state index contributed by atoms with van der Waals surface area (Å²) in [6.45, 7) is 0. The van der Waals surface area contributed by atoms with Crippen molar-refractivity contribution in [3.8, 4) is 6.07 Å². The lowest BCUT2D eigenvalue weighted by Crippen LogP contribution is -2.44. The fourth-order valence-corrected chi connectivity index (χ4v) is 2.80. The Bertz CT molecular complexity index is 429. The van der Waals surface area contributed by atoms with Crippen LogP contribution in [0.2, 0.25) is 0 Å². The summed E-state index contributed by atoms with van der Waals surface area (Å²) in [6.07, 6.45) is 2.30. The SMILES string of the molecule is N#CC1CC(I)C(c2ccccn2)NC1=O. The molecule has 0 aromatic carbocycles. The zero-order chi connectivity index (χ0) is 11.5. The van der Waals surface area contributed by atoms with Crippen molar-refractivity contribution >= 4 is 28.5 Å². The number of nitriles is 1. The third-order valence-corrected chi connectivity index (χ3v) is 3.83. The molecule has 0 spiro atoms. The minimum Gasteiger partial charge on any atom is -0.346 e. The van der Waals surface area contributed by atoms with Crippen LogP contribution in [-0.4, -0.2) is 14.8 Å². The first-order chi connectivity index (χ1) is 7.72. The largest absolute Gasteiger partial charge is 0.346 e. The van der Waals surface area contributed by atoms with Crippen LogP contribution in [0.5, 0.6) is 0 Å². The molecule has 0 bridgehead atoms. The highest BCUT2D eigenvalue weighted by Crippen LogP contribution is 2.31. The van der Waals surface area contributed by atoms with Crippen molar-refractivity contribution in [1.82, 2.24) is 10.3 Å². The number of pyridine rings is 1. The average Bonchev–Trinajstić information content (AvgIpc) is 2.32. The van der Waals surface area contributed by atoms with E-state index in [2.05, 4.69) is 32.9 Å². The molecule has 1 fully saturated rings. The second-order valence-electron chi connectivity index (χ2n) is 3.67. The fourth-order valence-electron chi connectivity index (χ4n) is 1.74. The van der Waals surface area contributed by atoms with Crippen LogP contribution in [-0.2, 0) is 4.79 Å². The summed E-state index contributed by atoms with van der Waals surface area (Å²) in [5.74, 6) is -0.715. The molecule has 0 radical (unpaired) electrons. The number of hydrogen-bond donors (Lipinski definition) is 1. The molecule has 1 N–H and O–H groups in total. The number of alkyl halides is 1. The summed E-state index contributed by atoms with van der Waals surface area (Å²) in [4.78, 5) is 15.8. The van der Waals surface area contributed by atoms with E-state index in [9.17, 15) is 4.79 Å². The van der Waals surface area contributed by atoms with Gasteiger partial charge in [0.25, 0.3) is 0 Å². The van der Waals surface area contributed by atoms with Gasteiger partial charge in [0.1, 0.15) is 5.92 Å². The molecule has 5 heteroatoms. The van der Waals surface area contributed by atoms with E-state index in [0.717, 1.165) is 5.69 Å². The maximum atomic E-state index is 11.6. The number of piperidine rings is 1. The molecule has 1 aromatic rings. The standard InChI is InChI=1S/C11H10IN3O/c12-8-5-7(6-13)11(16)15-10(8)9-3-1-2-4-14-9/h1-4,7-8,10H,5H2,(H,15,16). The van der Waals surface area contributed by atoms with Crippen LogP contribution >= 0.6 is 22.6 Å².